The van der Waals surface area contributed by atoms with Crippen LogP contribution in [0.25, 0.3) is 0 Å². The van der Waals surface area contributed by atoms with Crippen molar-refractivity contribution in [3.63, 3.8) is 0 Å². The van der Waals surface area contributed by atoms with Gasteiger partial charge in [-0.25, -0.2) is 0 Å². The van der Waals surface area contributed by atoms with E-state index < -0.39 is 5.41 Å². The Labute approximate surface area is 101 Å². The molecule has 1 fully saturated rings. The number of nitrogens with zero attached hydrogens (tertiary/aromatic N) is 1. The number of fused-ring (bicyclic) bond motifs is 4. The highest BCUT2D eigenvalue weighted by Gasteiger charge is 2.49. The summed E-state index contributed by atoms with van der Waals surface area (Å²) in [5.41, 5.74) is 1.84. The molecule has 2 unspecified atom stereocenters. The molecule has 1 heterocycles. The van der Waals surface area contributed by atoms with Crippen LogP contribution >= 0.6 is 0 Å². The molecule has 1 aromatic rings. The monoisotopic (exact) mass is 231 g/mol. The van der Waals surface area contributed by atoms with Crippen LogP contribution in [-0.4, -0.2) is 35.4 Å². The summed E-state index contributed by atoms with van der Waals surface area (Å²) < 4.78 is 0. The number of carbonyl (C=O) groups is 1. The van der Waals surface area contributed by atoms with E-state index >= 15 is 0 Å². The van der Waals surface area contributed by atoms with Gasteiger partial charge in [-0.05, 0) is 56.6 Å². The van der Waals surface area contributed by atoms with Crippen molar-refractivity contribution >= 4 is 5.78 Å². The fourth-order valence-electron chi connectivity index (χ4n) is 3.23. The maximum absolute atomic E-state index is 12.5. The number of likely N-dealkylation sites (tertiary alicyclic amines) is 1. The van der Waals surface area contributed by atoms with Crippen molar-refractivity contribution in [1.82, 2.24) is 4.90 Å². The minimum atomic E-state index is -0.399. The van der Waals surface area contributed by atoms with Gasteiger partial charge in [0.05, 0.1) is 11.5 Å². The van der Waals surface area contributed by atoms with Crippen LogP contribution in [0, 0.1) is 0 Å². The van der Waals surface area contributed by atoms with Gasteiger partial charge >= 0.3 is 0 Å². The summed E-state index contributed by atoms with van der Waals surface area (Å²) >= 11 is 0. The summed E-state index contributed by atoms with van der Waals surface area (Å²) in [6, 6.07) is 5.47. The number of benzene rings is 1. The molecule has 0 amide bonds. The highest BCUT2D eigenvalue weighted by atomic mass is 16.3. The zero-order valence-corrected chi connectivity index (χ0v) is 10.2. The number of phenols is 1. The zero-order chi connectivity index (χ0) is 12.2. The maximum Gasteiger partial charge on any atom is 0.160 e. The summed E-state index contributed by atoms with van der Waals surface area (Å²) in [5, 5.41) is 9.62. The van der Waals surface area contributed by atoms with E-state index in [4.69, 9.17) is 0 Å². The Bertz CT molecular complexity index is 497. The summed E-state index contributed by atoms with van der Waals surface area (Å²) in [7, 11) is 2.02. The van der Waals surface area contributed by atoms with E-state index in [1.807, 2.05) is 20.0 Å². The SMILES string of the molecule is CN1CCC2(C)C(=O)C1Cc1ccc(O)cc12. The number of phenolic OH excluding ortho intramolecular Hbond substituents is 1. The third-order valence-corrected chi connectivity index (χ3v) is 4.44. The van der Waals surface area contributed by atoms with E-state index in [1.54, 1.807) is 12.1 Å². The second-order valence-electron chi connectivity index (χ2n) is 5.49. The average molecular weight is 231 g/mol. The van der Waals surface area contributed by atoms with Crippen molar-refractivity contribution in [2.45, 2.75) is 31.2 Å². The van der Waals surface area contributed by atoms with Gasteiger partial charge in [0.25, 0.3) is 0 Å². The first-order valence-electron chi connectivity index (χ1n) is 6.09. The number of carbonyl (C=O) groups excluding carboxylic acids is 1. The first-order chi connectivity index (χ1) is 8.02. The van der Waals surface area contributed by atoms with Gasteiger partial charge in [0.2, 0.25) is 0 Å². The van der Waals surface area contributed by atoms with Gasteiger partial charge in [-0.15, -0.1) is 0 Å². The van der Waals surface area contributed by atoms with Gasteiger partial charge in [0.1, 0.15) is 5.75 Å². The van der Waals surface area contributed by atoms with Crippen LogP contribution in [0.5, 0.6) is 5.75 Å². The lowest BCUT2D eigenvalue weighted by Gasteiger charge is -2.47. The molecule has 0 radical (unpaired) electrons. The number of aromatic hydroxyl groups is 1. The average Bonchev–Trinajstić information content (AvgIpc) is 2.30. The Balaban J connectivity index is 2.20. The van der Waals surface area contributed by atoms with E-state index in [0.717, 1.165) is 24.9 Å². The second kappa shape index (κ2) is 3.33. The fraction of sp³-hybridized carbons (Fsp3) is 0.500. The lowest BCUT2D eigenvalue weighted by atomic mass is 9.64. The largest absolute Gasteiger partial charge is 0.508 e. The summed E-state index contributed by atoms with van der Waals surface area (Å²) in [6.07, 6.45) is 1.62. The Hall–Kier alpha value is -1.35. The molecule has 1 N–H and O–H groups in total. The smallest absolute Gasteiger partial charge is 0.160 e. The molecule has 2 aliphatic rings. The van der Waals surface area contributed by atoms with E-state index in [9.17, 15) is 9.90 Å². The van der Waals surface area contributed by atoms with Crippen LogP contribution < -0.4 is 0 Å². The number of ketones is 1. The molecule has 3 nitrogen and oxygen atoms in total. The number of Topliss-reactive ketones (excluding diaryl/α,β-unsaturated/α-hetero) is 1. The molecule has 90 valence electrons. The van der Waals surface area contributed by atoms with Crippen molar-refractivity contribution in [1.29, 1.82) is 0 Å². The quantitative estimate of drug-likeness (QED) is 0.735. The van der Waals surface area contributed by atoms with Gasteiger partial charge in [-0.1, -0.05) is 6.07 Å². The molecular formula is C14H17NO2. The first-order valence-corrected chi connectivity index (χ1v) is 6.09. The molecular weight excluding hydrogens is 214 g/mol. The normalized spacial score (nSPS) is 32.4. The lowest BCUT2D eigenvalue weighted by Crippen LogP contribution is -2.58. The van der Waals surface area contributed by atoms with Crippen LogP contribution in [0.3, 0.4) is 0 Å². The van der Waals surface area contributed by atoms with Crippen LogP contribution in [0.4, 0.5) is 0 Å². The molecule has 1 aliphatic heterocycles. The highest BCUT2D eigenvalue weighted by Crippen LogP contribution is 2.42. The van der Waals surface area contributed by atoms with Crippen molar-refractivity contribution in [2.24, 2.45) is 0 Å². The van der Waals surface area contributed by atoms with E-state index in [2.05, 4.69) is 4.90 Å². The molecule has 1 aromatic carbocycles. The Kier molecular flexibility index (Phi) is 2.11. The molecule has 0 aromatic heterocycles. The third-order valence-electron chi connectivity index (χ3n) is 4.44. The number of piperidine rings is 1. The topological polar surface area (TPSA) is 40.5 Å². The Morgan fingerprint density at radius 1 is 1.47 bits per heavy atom. The van der Waals surface area contributed by atoms with Gasteiger partial charge < -0.3 is 5.11 Å². The number of hydrogen-bond donors (Lipinski definition) is 1. The molecule has 3 rings (SSSR count). The molecule has 0 spiro atoms. The standard InChI is InChI=1S/C14H17NO2/c1-14-5-6-15(2)12(13(14)17)7-9-3-4-10(16)8-11(9)14/h3-4,8,12,16H,5-7H2,1-2H3. The summed E-state index contributed by atoms with van der Waals surface area (Å²) in [6.45, 7) is 2.97. The van der Waals surface area contributed by atoms with Crippen LogP contribution in [0.15, 0.2) is 18.2 Å². The predicted molar refractivity (Wildman–Crippen MR) is 65.2 cm³/mol. The molecule has 1 aliphatic carbocycles. The van der Waals surface area contributed by atoms with Crippen LogP contribution in [0.2, 0.25) is 0 Å². The third kappa shape index (κ3) is 1.35. The van der Waals surface area contributed by atoms with Gasteiger partial charge in [0.15, 0.2) is 5.78 Å². The lowest BCUT2D eigenvalue weighted by molar-refractivity contribution is -0.133. The molecule has 0 saturated carbocycles. The van der Waals surface area contributed by atoms with Gasteiger partial charge in [-0.3, -0.25) is 9.69 Å². The molecule has 3 heteroatoms. The highest BCUT2D eigenvalue weighted by molar-refractivity contribution is 5.97. The number of rotatable bonds is 0. The molecule has 2 bridgehead atoms. The van der Waals surface area contributed by atoms with Crippen molar-refractivity contribution in [2.75, 3.05) is 13.6 Å². The molecule has 1 saturated heterocycles. The van der Waals surface area contributed by atoms with E-state index in [1.165, 1.54) is 5.56 Å². The van der Waals surface area contributed by atoms with Crippen LogP contribution in [-0.2, 0) is 16.6 Å². The minimum absolute atomic E-state index is 0.0193. The van der Waals surface area contributed by atoms with Crippen molar-refractivity contribution < 1.29 is 9.90 Å². The van der Waals surface area contributed by atoms with Gasteiger partial charge in [0, 0.05) is 0 Å². The maximum atomic E-state index is 12.5. The zero-order valence-electron chi connectivity index (χ0n) is 10.2. The van der Waals surface area contributed by atoms with E-state index in [0.29, 0.717) is 5.78 Å². The summed E-state index contributed by atoms with van der Waals surface area (Å²) in [4.78, 5) is 14.6. The number of likely N-dealkylation sites (N-methyl/N-ethyl adjacent to an activating group) is 1. The minimum Gasteiger partial charge on any atom is -0.508 e. The Morgan fingerprint density at radius 2 is 2.24 bits per heavy atom. The van der Waals surface area contributed by atoms with Crippen LogP contribution in [0.1, 0.15) is 24.5 Å². The molecule has 2 atom stereocenters. The number of hydrogen-bond acceptors (Lipinski definition) is 3. The second-order valence-corrected chi connectivity index (χ2v) is 5.49. The molecule has 17 heavy (non-hydrogen) atoms. The Morgan fingerprint density at radius 3 is 3.00 bits per heavy atom. The first kappa shape index (κ1) is 10.8. The van der Waals surface area contributed by atoms with Gasteiger partial charge in [-0.2, -0.15) is 0 Å². The summed E-state index contributed by atoms with van der Waals surface area (Å²) in [5.74, 6) is 0.569. The predicted octanol–water partition coefficient (Wildman–Crippen LogP) is 1.48. The van der Waals surface area contributed by atoms with Crippen molar-refractivity contribution in [3.05, 3.63) is 29.3 Å². The van der Waals surface area contributed by atoms with E-state index in [-0.39, 0.29) is 11.8 Å². The van der Waals surface area contributed by atoms with Crippen molar-refractivity contribution in [3.8, 4) is 5.75 Å². The fourth-order valence-corrected chi connectivity index (χ4v) is 3.23.